The molecule has 2 aliphatic heterocycles. The Morgan fingerprint density at radius 1 is 1.29 bits per heavy atom. The van der Waals surface area contributed by atoms with Crippen LogP contribution in [0.5, 0.6) is 0 Å². The Hall–Kier alpha value is -2.94. The number of thiophene rings is 1. The Bertz CT molecular complexity index is 975. The number of anilines is 1. The van der Waals surface area contributed by atoms with Gasteiger partial charge in [0.1, 0.15) is 10.5 Å². The second kappa shape index (κ2) is 7.23. The minimum Gasteiger partial charge on any atom is -0.338 e. The zero-order chi connectivity index (χ0) is 19.7. The Balaban J connectivity index is 1.61. The third-order valence-electron chi connectivity index (χ3n) is 5.18. The fourth-order valence-corrected chi connectivity index (χ4v) is 4.74. The van der Waals surface area contributed by atoms with Gasteiger partial charge in [-0.15, -0.1) is 11.3 Å². The Morgan fingerprint density at radius 2 is 2.04 bits per heavy atom. The van der Waals surface area contributed by atoms with Gasteiger partial charge in [0.05, 0.1) is 11.9 Å². The maximum Gasteiger partial charge on any atom is 0.319 e. The van der Waals surface area contributed by atoms with E-state index in [2.05, 4.69) is 20.9 Å². The summed E-state index contributed by atoms with van der Waals surface area (Å²) in [5.41, 5.74) is -0.238. The first-order valence-electron chi connectivity index (χ1n) is 9.24. The molecule has 0 radical (unpaired) electrons. The van der Waals surface area contributed by atoms with Gasteiger partial charge in [-0.25, -0.2) is 4.79 Å². The molecule has 9 heteroatoms. The number of aliphatic imine (C=N–C) groups is 1. The number of nitrogens with zero attached hydrogens (tertiary/aromatic N) is 2. The van der Waals surface area contributed by atoms with Gasteiger partial charge < -0.3 is 15.5 Å². The minimum absolute atomic E-state index is 0.0980. The number of likely N-dealkylation sites (tertiary alicyclic amines) is 1. The van der Waals surface area contributed by atoms with Gasteiger partial charge >= 0.3 is 6.03 Å². The zero-order valence-electron chi connectivity index (χ0n) is 15.4. The van der Waals surface area contributed by atoms with Crippen molar-refractivity contribution < 1.29 is 14.4 Å². The highest BCUT2D eigenvalue weighted by Crippen LogP contribution is 2.38. The molecular weight excluding hydrogens is 378 g/mol. The average molecular weight is 399 g/mol. The van der Waals surface area contributed by atoms with Crippen molar-refractivity contribution in [3.8, 4) is 0 Å². The third kappa shape index (κ3) is 3.11. The maximum absolute atomic E-state index is 13.3. The van der Waals surface area contributed by atoms with Gasteiger partial charge in [0, 0.05) is 29.7 Å². The largest absolute Gasteiger partial charge is 0.338 e. The van der Waals surface area contributed by atoms with Gasteiger partial charge in [-0.1, -0.05) is 18.2 Å². The highest BCUT2D eigenvalue weighted by Gasteiger charge is 2.44. The molecule has 2 aromatic rings. The lowest BCUT2D eigenvalue weighted by molar-refractivity contribution is -0.125. The standard InChI is InChI=1S/C19H21N5O3S/c1-2-20-18(27)23-15-14(12-5-3-4-6-13(12)28-15)16(25)24-9-7-19(8-10-24)17(26)21-11-22-19/h3-6,11H,2,7-10H2,1H3,(H2,20,23,27)(H,21,22,26). The van der Waals surface area contributed by atoms with Gasteiger partial charge in [0.2, 0.25) is 0 Å². The number of fused-ring (bicyclic) bond motifs is 1. The molecule has 0 unspecified atom stereocenters. The van der Waals surface area contributed by atoms with Crippen molar-refractivity contribution in [2.45, 2.75) is 25.3 Å². The normalized spacial score (nSPS) is 17.8. The van der Waals surface area contributed by atoms with Gasteiger partial charge in [-0.3, -0.25) is 19.9 Å². The van der Waals surface area contributed by atoms with Crippen molar-refractivity contribution >= 4 is 50.6 Å². The van der Waals surface area contributed by atoms with Crippen LogP contribution in [0.15, 0.2) is 29.3 Å². The molecule has 3 N–H and O–H groups in total. The van der Waals surface area contributed by atoms with Gasteiger partial charge in [-0.05, 0) is 25.8 Å². The summed E-state index contributed by atoms with van der Waals surface area (Å²) in [6.45, 7) is 3.21. The zero-order valence-corrected chi connectivity index (χ0v) is 16.3. The molecule has 28 heavy (non-hydrogen) atoms. The monoisotopic (exact) mass is 399 g/mol. The predicted octanol–water partition coefficient (Wildman–Crippen LogP) is 2.18. The van der Waals surface area contributed by atoms with Gasteiger partial charge in [0.25, 0.3) is 11.8 Å². The highest BCUT2D eigenvalue weighted by atomic mass is 32.1. The number of benzene rings is 1. The second-order valence-corrected chi connectivity index (χ2v) is 7.89. The Morgan fingerprint density at radius 3 is 2.71 bits per heavy atom. The first kappa shape index (κ1) is 18.4. The summed E-state index contributed by atoms with van der Waals surface area (Å²) < 4.78 is 0.936. The number of rotatable bonds is 3. The van der Waals surface area contributed by atoms with E-state index in [4.69, 9.17) is 0 Å². The van der Waals surface area contributed by atoms with Crippen molar-refractivity contribution in [3.05, 3.63) is 29.8 Å². The lowest BCUT2D eigenvalue weighted by Crippen LogP contribution is -2.50. The number of piperidine rings is 1. The summed E-state index contributed by atoms with van der Waals surface area (Å²) in [5, 5.41) is 9.49. The van der Waals surface area contributed by atoms with E-state index in [0.29, 0.717) is 43.0 Å². The van der Waals surface area contributed by atoms with Crippen LogP contribution in [0, 0.1) is 0 Å². The maximum atomic E-state index is 13.3. The van der Waals surface area contributed by atoms with E-state index in [9.17, 15) is 14.4 Å². The van der Waals surface area contributed by atoms with Crippen LogP contribution < -0.4 is 16.0 Å². The van der Waals surface area contributed by atoms with Crippen molar-refractivity contribution in [2.75, 3.05) is 25.0 Å². The number of hydrogen-bond acceptors (Lipinski definition) is 5. The molecule has 0 atom stereocenters. The van der Waals surface area contributed by atoms with E-state index in [-0.39, 0.29) is 17.8 Å². The van der Waals surface area contributed by atoms with Crippen LogP contribution in [0.3, 0.4) is 0 Å². The number of nitrogens with one attached hydrogen (secondary N) is 3. The fourth-order valence-electron chi connectivity index (χ4n) is 3.66. The molecule has 0 saturated carbocycles. The molecular formula is C19H21N5O3S. The van der Waals surface area contributed by atoms with Crippen molar-refractivity contribution in [2.24, 2.45) is 4.99 Å². The van der Waals surface area contributed by atoms with E-state index >= 15 is 0 Å². The molecule has 1 spiro atoms. The molecule has 1 saturated heterocycles. The SMILES string of the molecule is CCNC(=O)Nc1sc2ccccc2c1C(=O)N1CCC2(CC1)N=CNC2=O. The van der Waals surface area contributed by atoms with Crippen LogP contribution in [0.4, 0.5) is 9.80 Å². The third-order valence-corrected chi connectivity index (χ3v) is 6.27. The molecule has 8 nitrogen and oxygen atoms in total. The van der Waals surface area contributed by atoms with Crippen LogP contribution in [0.1, 0.15) is 30.1 Å². The number of carbonyl (C=O) groups excluding carboxylic acids is 3. The number of amides is 4. The van der Waals surface area contributed by atoms with Crippen molar-refractivity contribution in [1.29, 1.82) is 0 Å². The molecule has 4 amide bonds. The van der Waals surface area contributed by atoms with E-state index in [1.165, 1.54) is 17.7 Å². The first-order chi connectivity index (χ1) is 13.5. The van der Waals surface area contributed by atoms with Crippen LogP contribution >= 0.6 is 11.3 Å². The van der Waals surface area contributed by atoms with Crippen LogP contribution in [0.2, 0.25) is 0 Å². The Labute approximate surface area is 166 Å². The molecule has 2 aliphatic rings. The van der Waals surface area contributed by atoms with E-state index in [1.807, 2.05) is 31.2 Å². The van der Waals surface area contributed by atoms with Crippen molar-refractivity contribution in [1.82, 2.24) is 15.5 Å². The number of carbonyl (C=O) groups is 3. The summed E-state index contributed by atoms with van der Waals surface area (Å²) in [6, 6.07) is 7.28. The lowest BCUT2D eigenvalue weighted by atomic mass is 9.87. The lowest BCUT2D eigenvalue weighted by Gasteiger charge is -2.35. The molecule has 1 aromatic heterocycles. The quantitative estimate of drug-likeness (QED) is 0.737. The molecule has 3 heterocycles. The van der Waals surface area contributed by atoms with Crippen LogP contribution in [-0.4, -0.2) is 54.3 Å². The molecule has 1 aromatic carbocycles. The average Bonchev–Trinajstić information content (AvgIpc) is 3.22. The Kier molecular flexibility index (Phi) is 4.76. The smallest absolute Gasteiger partial charge is 0.319 e. The summed E-state index contributed by atoms with van der Waals surface area (Å²) in [6.07, 6.45) is 2.42. The summed E-state index contributed by atoms with van der Waals surface area (Å²) >= 11 is 1.38. The summed E-state index contributed by atoms with van der Waals surface area (Å²) in [5.74, 6) is -0.236. The van der Waals surface area contributed by atoms with Crippen molar-refractivity contribution in [3.63, 3.8) is 0 Å². The number of urea groups is 1. The molecule has 146 valence electrons. The predicted molar refractivity (Wildman–Crippen MR) is 109 cm³/mol. The topological polar surface area (TPSA) is 103 Å². The summed E-state index contributed by atoms with van der Waals surface area (Å²) in [7, 11) is 0. The highest BCUT2D eigenvalue weighted by molar-refractivity contribution is 7.23. The fraction of sp³-hybridized carbons (Fsp3) is 0.368. The van der Waals surface area contributed by atoms with E-state index < -0.39 is 5.54 Å². The van der Waals surface area contributed by atoms with Crippen LogP contribution in [0.25, 0.3) is 10.1 Å². The van der Waals surface area contributed by atoms with Gasteiger partial charge in [0.15, 0.2) is 0 Å². The molecule has 0 bridgehead atoms. The first-order valence-corrected chi connectivity index (χ1v) is 10.1. The molecule has 0 aliphatic carbocycles. The second-order valence-electron chi connectivity index (χ2n) is 6.84. The molecule has 1 fully saturated rings. The van der Waals surface area contributed by atoms with E-state index in [1.54, 1.807) is 4.90 Å². The van der Waals surface area contributed by atoms with E-state index in [0.717, 1.165) is 10.1 Å². The number of hydrogen-bond donors (Lipinski definition) is 3. The van der Waals surface area contributed by atoms with Gasteiger partial charge in [-0.2, -0.15) is 0 Å². The minimum atomic E-state index is -0.740. The summed E-state index contributed by atoms with van der Waals surface area (Å²) in [4.78, 5) is 43.5. The molecule has 4 rings (SSSR count). The van der Waals surface area contributed by atoms with Crippen LogP contribution in [-0.2, 0) is 4.79 Å².